The third-order valence-corrected chi connectivity index (χ3v) is 6.22. The van der Waals surface area contributed by atoms with Crippen molar-refractivity contribution in [3.05, 3.63) is 0 Å². The minimum absolute atomic E-state index is 0.149. The van der Waals surface area contributed by atoms with Gasteiger partial charge in [0.25, 0.3) is 5.91 Å². The van der Waals surface area contributed by atoms with Crippen molar-refractivity contribution in [1.29, 1.82) is 0 Å². The zero-order chi connectivity index (χ0) is 23.9. The van der Waals surface area contributed by atoms with E-state index in [1.165, 1.54) is 0 Å². The van der Waals surface area contributed by atoms with Gasteiger partial charge in [-0.25, -0.2) is 0 Å². The van der Waals surface area contributed by atoms with Gasteiger partial charge in [-0.05, 0) is 37.3 Å². The van der Waals surface area contributed by atoms with Crippen molar-refractivity contribution in [2.24, 2.45) is 0 Å². The second kappa shape index (κ2) is 8.78. The molecule has 0 heterocycles. The maximum Gasteiger partial charge on any atom is 0.393 e. The summed E-state index contributed by atoms with van der Waals surface area (Å²) in [6, 6.07) is -1.93. The summed E-state index contributed by atoms with van der Waals surface area (Å²) in [6.45, 7) is 0. The van der Waals surface area contributed by atoms with Gasteiger partial charge < -0.3 is 4.90 Å². The summed E-state index contributed by atoms with van der Waals surface area (Å²) in [4.78, 5) is 12.9. The molecule has 0 unspecified atom stereocenters. The zero-order valence-electron chi connectivity index (χ0n) is 16.2. The Morgan fingerprint density at radius 1 is 0.613 bits per heavy atom. The Morgan fingerprint density at radius 3 is 1.29 bits per heavy atom. The average molecular weight is 494 g/mol. The van der Waals surface area contributed by atoms with Crippen LogP contribution in [0.15, 0.2) is 0 Å². The van der Waals surface area contributed by atoms with E-state index in [0.29, 0.717) is 43.4 Å². The van der Waals surface area contributed by atoms with E-state index in [9.17, 15) is 48.7 Å². The Labute approximate surface area is 177 Å². The summed E-state index contributed by atoms with van der Waals surface area (Å²) in [5.74, 6) is -30.7. The summed E-state index contributed by atoms with van der Waals surface area (Å²) in [7, 11) is 0. The second-order valence-corrected chi connectivity index (χ2v) is 8.57. The molecule has 1 amide bonds. The van der Waals surface area contributed by atoms with E-state index in [2.05, 4.69) is 11.6 Å². The highest BCUT2D eigenvalue weighted by atomic mass is 35.5. The molecule has 0 aromatic carbocycles. The lowest BCUT2D eigenvalue weighted by Crippen LogP contribution is -2.70. The Morgan fingerprint density at radius 2 is 0.968 bits per heavy atom. The van der Waals surface area contributed by atoms with Gasteiger partial charge in [-0.15, -0.1) is 0 Å². The van der Waals surface area contributed by atoms with Crippen molar-refractivity contribution >= 4 is 17.5 Å². The number of hydrogen-bond acceptors (Lipinski definition) is 1. The first-order valence-electron chi connectivity index (χ1n) is 9.91. The summed E-state index contributed by atoms with van der Waals surface area (Å²) < 4.78 is 137. The van der Waals surface area contributed by atoms with Crippen molar-refractivity contribution in [2.45, 2.75) is 105 Å². The van der Waals surface area contributed by atoms with Crippen LogP contribution in [-0.4, -0.2) is 52.0 Å². The van der Waals surface area contributed by atoms with Crippen LogP contribution in [0, 0.1) is 0 Å². The molecule has 2 aliphatic carbocycles. The van der Waals surface area contributed by atoms with Gasteiger partial charge in [-0.3, -0.25) is 4.79 Å². The highest BCUT2D eigenvalue weighted by molar-refractivity contribution is 6.22. The lowest BCUT2D eigenvalue weighted by Gasteiger charge is -2.45. The Kier molecular flexibility index (Phi) is 7.45. The normalized spacial score (nSPS) is 21.3. The molecule has 0 bridgehead atoms. The monoisotopic (exact) mass is 493 g/mol. The van der Waals surface area contributed by atoms with E-state index in [-0.39, 0.29) is 25.7 Å². The first kappa shape index (κ1) is 26.3. The Balaban J connectivity index is 2.46. The van der Waals surface area contributed by atoms with Crippen molar-refractivity contribution in [3.63, 3.8) is 0 Å². The smallest absolute Gasteiger partial charge is 0.331 e. The largest absolute Gasteiger partial charge is 0.393 e. The number of carbonyl (C=O) groups is 1. The third kappa shape index (κ3) is 4.46. The molecule has 0 spiro atoms. The van der Waals surface area contributed by atoms with Gasteiger partial charge in [-0.2, -0.15) is 43.9 Å². The lowest BCUT2D eigenvalue weighted by molar-refractivity contribution is -0.383. The number of carbonyl (C=O) groups excluding carboxylic acids is 1. The van der Waals surface area contributed by atoms with Crippen molar-refractivity contribution in [3.8, 4) is 0 Å². The highest BCUT2D eigenvalue weighted by Crippen LogP contribution is 2.58. The molecular weight excluding hydrogens is 472 g/mol. The molecule has 2 nitrogen and oxygen atoms in total. The van der Waals surface area contributed by atoms with Gasteiger partial charge in [0.2, 0.25) is 0 Å². The molecule has 0 saturated heterocycles. The fraction of sp³-hybridized carbons (Fsp3) is 0.944. The van der Waals surface area contributed by atoms with Crippen molar-refractivity contribution in [1.82, 2.24) is 4.90 Å². The van der Waals surface area contributed by atoms with Gasteiger partial charge in [0, 0.05) is 12.1 Å². The number of hydrogen-bond donors (Lipinski definition) is 0. The van der Waals surface area contributed by atoms with Crippen LogP contribution in [-0.2, 0) is 4.79 Å². The summed E-state index contributed by atoms with van der Waals surface area (Å²) in [6.07, 6.45) is 3.84. The molecule has 31 heavy (non-hydrogen) atoms. The fourth-order valence-corrected chi connectivity index (χ4v) is 4.34. The standard InChI is InChI=1S/C18H22ClF10NO/c19-18(28,29)17(26,27)16(24,25)15(22,23)14(20,21)13(31)30(11-7-3-1-4-8-11)12-9-5-2-6-10-12/h11-12H,1-10H2. The molecule has 2 fully saturated rings. The fourth-order valence-electron chi connectivity index (χ4n) is 4.22. The van der Waals surface area contributed by atoms with Crippen LogP contribution in [0.25, 0.3) is 0 Å². The minimum Gasteiger partial charge on any atom is -0.331 e. The average Bonchev–Trinajstić information content (AvgIpc) is 2.68. The Bertz CT molecular complexity index is 622. The third-order valence-electron chi connectivity index (χ3n) is 5.98. The maximum atomic E-state index is 14.5. The molecule has 0 aromatic rings. The van der Waals surface area contributed by atoms with E-state index < -0.39 is 47.1 Å². The van der Waals surface area contributed by atoms with E-state index in [1.54, 1.807) is 0 Å². The highest BCUT2D eigenvalue weighted by Gasteiger charge is 2.88. The molecular formula is C18H22ClF10NO. The molecule has 2 aliphatic rings. The predicted molar refractivity (Wildman–Crippen MR) is 91.2 cm³/mol. The van der Waals surface area contributed by atoms with Crippen LogP contribution in [0.3, 0.4) is 0 Å². The lowest BCUT2D eigenvalue weighted by atomic mass is 9.87. The van der Waals surface area contributed by atoms with Gasteiger partial charge >= 0.3 is 29.1 Å². The summed E-state index contributed by atoms with van der Waals surface area (Å²) in [5, 5.41) is -6.27. The van der Waals surface area contributed by atoms with Crippen LogP contribution in [0.2, 0.25) is 0 Å². The second-order valence-electron chi connectivity index (χ2n) is 8.09. The van der Waals surface area contributed by atoms with Gasteiger partial charge in [0.1, 0.15) is 0 Å². The number of nitrogens with zero attached hydrogens (tertiary/aromatic N) is 1. The minimum atomic E-state index is -7.32. The van der Waals surface area contributed by atoms with Crippen LogP contribution in [0.1, 0.15) is 64.2 Å². The van der Waals surface area contributed by atoms with E-state index in [4.69, 9.17) is 0 Å². The topological polar surface area (TPSA) is 20.3 Å². The van der Waals surface area contributed by atoms with Crippen LogP contribution < -0.4 is 0 Å². The van der Waals surface area contributed by atoms with Crippen molar-refractivity contribution in [2.75, 3.05) is 0 Å². The van der Waals surface area contributed by atoms with Gasteiger partial charge in [-0.1, -0.05) is 38.5 Å². The predicted octanol–water partition coefficient (Wildman–Crippen LogP) is 6.85. The molecule has 0 atom stereocenters. The zero-order valence-corrected chi connectivity index (χ0v) is 17.0. The SMILES string of the molecule is O=C(N(C1CCCCC1)C1CCCCC1)C(F)(F)C(F)(F)C(F)(F)C(F)(F)C(F)(F)Cl. The molecule has 0 aromatic heterocycles. The molecule has 0 aliphatic heterocycles. The molecule has 0 N–H and O–H groups in total. The van der Waals surface area contributed by atoms with E-state index in [0.717, 1.165) is 0 Å². The number of alkyl halides is 11. The van der Waals surface area contributed by atoms with Gasteiger partial charge in [0.05, 0.1) is 0 Å². The summed E-state index contributed by atoms with van der Waals surface area (Å²) in [5.41, 5.74) is 0. The number of amides is 1. The molecule has 0 radical (unpaired) electrons. The molecule has 2 saturated carbocycles. The Hall–Kier alpha value is -0.940. The molecule has 182 valence electrons. The van der Waals surface area contributed by atoms with Crippen LogP contribution in [0.4, 0.5) is 43.9 Å². The van der Waals surface area contributed by atoms with E-state index in [1.807, 2.05) is 0 Å². The van der Waals surface area contributed by atoms with E-state index >= 15 is 0 Å². The maximum absolute atomic E-state index is 14.5. The van der Waals surface area contributed by atoms with Crippen LogP contribution in [0.5, 0.6) is 0 Å². The van der Waals surface area contributed by atoms with Crippen LogP contribution >= 0.6 is 11.6 Å². The summed E-state index contributed by atoms with van der Waals surface area (Å²) >= 11 is 3.81. The first-order valence-corrected chi connectivity index (χ1v) is 10.3. The molecule has 13 heteroatoms. The molecule has 2 rings (SSSR count). The number of rotatable bonds is 7. The quantitative estimate of drug-likeness (QED) is 0.280. The number of halogens is 11. The van der Waals surface area contributed by atoms with Crippen molar-refractivity contribution < 1.29 is 48.7 Å². The first-order chi connectivity index (χ1) is 14.0. The van der Waals surface area contributed by atoms with Gasteiger partial charge in [0.15, 0.2) is 0 Å².